The van der Waals surface area contributed by atoms with Crippen molar-refractivity contribution in [3.63, 3.8) is 0 Å². The fourth-order valence-electron chi connectivity index (χ4n) is 4.75. The number of hydrogen-bond acceptors (Lipinski definition) is 5. The van der Waals surface area contributed by atoms with Gasteiger partial charge in [0.05, 0.1) is 29.1 Å². The van der Waals surface area contributed by atoms with Gasteiger partial charge in [0.1, 0.15) is 17.2 Å². The second-order valence-electron chi connectivity index (χ2n) is 10.5. The van der Waals surface area contributed by atoms with Crippen molar-refractivity contribution in [2.24, 2.45) is 22.6 Å². The maximum absolute atomic E-state index is 14.7. The fraction of sp³-hybridized carbons (Fsp3) is 0.609. The number of aliphatic imine (C=N–C) groups is 1. The number of nitrogens with two attached hydrogens (primary N) is 1. The van der Waals surface area contributed by atoms with Crippen LogP contribution in [0, 0.1) is 17.7 Å². The van der Waals surface area contributed by atoms with Gasteiger partial charge in [-0.05, 0) is 52.2 Å². The Balaban J connectivity index is 1.50. The van der Waals surface area contributed by atoms with Gasteiger partial charge in [-0.1, -0.05) is 0 Å². The molecule has 1 fully saturated rings. The van der Waals surface area contributed by atoms with Crippen molar-refractivity contribution in [2.45, 2.75) is 70.3 Å². The molecule has 186 valence electrons. The molecule has 1 unspecified atom stereocenters. The molecule has 1 aliphatic carbocycles. The lowest BCUT2D eigenvalue weighted by Crippen LogP contribution is -2.50. The Morgan fingerprint density at radius 2 is 1.97 bits per heavy atom. The third kappa shape index (κ3) is 4.69. The number of guanidine groups is 1. The van der Waals surface area contributed by atoms with Crippen LogP contribution in [-0.2, 0) is 15.8 Å². The molecule has 0 aromatic heterocycles. The molecule has 4 rings (SSSR count). The normalized spacial score (nSPS) is 27.4. The Morgan fingerprint density at radius 3 is 2.59 bits per heavy atom. The topological polar surface area (TPSA) is 97.0 Å². The van der Waals surface area contributed by atoms with E-state index in [0.717, 1.165) is 6.07 Å². The van der Waals surface area contributed by atoms with E-state index in [1.165, 1.54) is 4.90 Å². The number of carbonyl (C=O) groups excluding carboxylic acids is 2. The first-order chi connectivity index (χ1) is 15.6. The Morgan fingerprint density at radius 1 is 1.29 bits per heavy atom. The molecular weight excluding hydrogens is 456 g/mol. The summed E-state index contributed by atoms with van der Waals surface area (Å²) in [6.07, 6.45) is -3.96. The lowest BCUT2D eigenvalue weighted by molar-refractivity contribution is -0.140. The molecule has 2 aliphatic heterocycles. The van der Waals surface area contributed by atoms with Crippen molar-refractivity contribution < 1.29 is 31.9 Å². The molecule has 0 spiro atoms. The third-order valence-electron chi connectivity index (χ3n) is 6.44. The van der Waals surface area contributed by atoms with Gasteiger partial charge in [0, 0.05) is 18.9 Å². The van der Waals surface area contributed by atoms with E-state index in [2.05, 4.69) is 10.3 Å². The number of rotatable bonds is 4. The number of halogens is 4. The quantitative estimate of drug-likeness (QED) is 0.639. The van der Waals surface area contributed by atoms with Crippen molar-refractivity contribution in [1.29, 1.82) is 0 Å². The van der Waals surface area contributed by atoms with E-state index in [1.807, 2.05) is 0 Å². The predicted octanol–water partition coefficient (Wildman–Crippen LogP) is 3.52. The number of fused-ring (bicyclic) bond motifs is 1. The standard InChI is InChI=1S/C23H28F4N4O3/c1-21(2)9-16(32)31(20(28)30-21)10-11-7-12(11)19(33)29-15-8-22(3,4)34-18-13(23(25,26)27)5-6-14(24)17(15)18/h5-6,11-12,15H,7-10H2,1-4H3,(H2,28,30)(H,29,33)/t11-,12+,15?/m1/s1. The number of ether oxygens (including phenoxy) is 1. The lowest BCUT2D eigenvalue weighted by Gasteiger charge is -2.39. The van der Waals surface area contributed by atoms with Gasteiger partial charge in [0.25, 0.3) is 0 Å². The van der Waals surface area contributed by atoms with Crippen LogP contribution < -0.4 is 15.8 Å². The molecule has 0 radical (unpaired) electrons. The van der Waals surface area contributed by atoms with Gasteiger partial charge in [-0.2, -0.15) is 13.2 Å². The van der Waals surface area contributed by atoms with Crippen LogP contribution in [-0.4, -0.2) is 40.4 Å². The van der Waals surface area contributed by atoms with Gasteiger partial charge in [-0.3, -0.25) is 14.5 Å². The van der Waals surface area contributed by atoms with Crippen molar-refractivity contribution in [3.05, 3.63) is 29.1 Å². The molecule has 3 atom stereocenters. The third-order valence-corrected chi connectivity index (χ3v) is 6.44. The van der Waals surface area contributed by atoms with Crippen LogP contribution in [0.4, 0.5) is 17.6 Å². The Hall–Kier alpha value is -2.85. The average Bonchev–Trinajstić information content (AvgIpc) is 3.41. The maximum Gasteiger partial charge on any atom is 0.419 e. The number of nitrogens with zero attached hydrogens (tertiary/aromatic N) is 2. The van der Waals surface area contributed by atoms with Gasteiger partial charge < -0.3 is 15.8 Å². The summed E-state index contributed by atoms with van der Waals surface area (Å²) in [6.45, 7) is 7.01. The molecule has 0 saturated heterocycles. The second-order valence-corrected chi connectivity index (χ2v) is 10.5. The molecule has 2 amide bonds. The Labute approximate surface area is 194 Å². The summed E-state index contributed by atoms with van der Waals surface area (Å²) in [7, 11) is 0. The summed E-state index contributed by atoms with van der Waals surface area (Å²) in [6, 6.07) is 0.404. The molecule has 0 bridgehead atoms. The highest BCUT2D eigenvalue weighted by Gasteiger charge is 2.48. The average molecular weight is 484 g/mol. The van der Waals surface area contributed by atoms with Crippen LogP contribution in [0.1, 0.15) is 64.1 Å². The zero-order valence-corrected chi connectivity index (χ0v) is 19.4. The van der Waals surface area contributed by atoms with Crippen LogP contribution in [0.5, 0.6) is 5.75 Å². The van der Waals surface area contributed by atoms with E-state index >= 15 is 0 Å². The van der Waals surface area contributed by atoms with Gasteiger partial charge in [0.2, 0.25) is 11.8 Å². The van der Waals surface area contributed by atoms with Crippen LogP contribution in [0.3, 0.4) is 0 Å². The van der Waals surface area contributed by atoms with Crippen LogP contribution in [0.15, 0.2) is 17.1 Å². The number of amides is 2. The van der Waals surface area contributed by atoms with E-state index < -0.39 is 52.3 Å². The van der Waals surface area contributed by atoms with E-state index in [4.69, 9.17) is 10.5 Å². The highest BCUT2D eigenvalue weighted by atomic mass is 19.4. The second kappa shape index (κ2) is 7.84. The Kier molecular flexibility index (Phi) is 5.60. The highest BCUT2D eigenvalue weighted by molar-refractivity contribution is 5.99. The number of carbonyl (C=O) groups is 2. The maximum atomic E-state index is 14.7. The molecule has 3 aliphatic rings. The zero-order chi connectivity index (χ0) is 25.2. The first-order valence-electron chi connectivity index (χ1n) is 11.1. The molecule has 7 nitrogen and oxygen atoms in total. The molecule has 1 aromatic rings. The molecule has 1 saturated carbocycles. The number of benzene rings is 1. The summed E-state index contributed by atoms with van der Waals surface area (Å²) in [5, 5.41) is 2.72. The van der Waals surface area contributed by atoms with Gasteiger partial charge in [-0.15, -0.1) is 0 Å². The van der Waals surface area contributed by atoms with Crippen LogP contribution in [0.2, 0.25) is 0 Å². The van der Waals surface area contributed by atoms with Crippen molar-refractivity contribution in [1.82, 2.24) is 10.2 Å². The minimum atomic E-state index is -4.74. The number of hydrogen-bond donors (Lipinski definition) is 2. The monoisotopic (exact) mass is 484 g/mol. The smallest absolute Gasteiger partial charge is 0.419 e. The summed E-state index contributed by atoms with van der Waals surface area (Å²) in [5.41, 5.74) is 2.93. The largest absolute Gasteiger partial charge is 0.487 e. The molecule has 34 heavy (non-hydrogen) atoms. The van der Waals surface area contributed by atoms with Crippen molar-refractivity contribution in [3.8, 4) is 5.75 Å². The van der Waals surface area contributed by atoms with Crippen molar-refractivity contribution in [2.75, 3.05) is 6.54 Å². The summed E-state index contributed by atoms with van der Waals surface area (Å²) >= 11 is 0. The summed E-state index contributed by atoms with van der Waals surface area (Å²) in [4.78, 5) is 31.1. The van der Waals surface area contributed by atoms with E-state index in [1.54, 1.807) is 27.7 Å². The van der Waals surface area contributed by atoms with Gasteiger partial charge in [0.15, 0.2) is 5.96 Å². The molecule has 3 N–H and O–H groups in total. The SMILES string of the molecule is CC1(C)CC(=O)N(C[C@H]2C[C@@H]2C(=O)NC2CC(C)(C)Oc3c(C(F)(F)F)ccc(F)c32)C(N)=N1. The zero-order valence-electron chi connectivity index (χ0n) is 19.4. The van der Waals surface area contributed by atoms with Crippen molar-refractivity contribution >= 4 is 17.8 Å². The van der Waals surface area contributed by atoms with Crippen LogP contribution >= 0.6 is 0 Å². The minimum Gasteiger partial charge on any atom is -0.487 e. The molecule has 11 heteroatoms. The molecule has 2 heterocycles. The van der Waals surface area contributed by atoms with Crippen LogP contribution in [0.25, 0.3) is 0 Å². The number of alkyl halides is 3. The summed E-state index contributed by atoms with van der Waals surface area (Å²) < 4.78 is 60.8. The highest BCUT2D eigenvalue weighted by Crippen LogP contribution is 2.48. The van der Waals surface area contributed by atoms with E-state index in [9.17, 15) is 27.2 Å². The first-order valence-corrected chi connectivity index (χ1v) is 11.1. The van der Waals surface area contributed by atoms with Gasteiger partial charge >= 0.3 is 6.18 Å². The fourth-order valence-corrected chi connectivity index (χ4v) is 4.75. The first kappa shape index (κ1) is 24.3. The van der Waals surface area contributed by atoms with E-state index in [0.29, 0.717) is 12.5 Å². The predicted molar refractivity (Wildman–Crippen MR) is 115 cm³/mol. The lowest BCUT2D eigenvalue weighted by atomic mass is 9.87. The number of nitrogens with one attached hydrogen (secondary N) is 1. The molecule has 1 aromatic carbocycles. The minimum absolute atomic E-state index is 0.0979. The Bertz CT molecular complexity index is 1070. The molecular formula is C23H28F4N4O3. The van der Waals surface area contributed by atoms with E-state index in [-0.39, 0.29) is 42.7 Å². The van der Waals surface area contributed by atoms with Gasteiger partial charge in [-0.25, -0.2) is 9.38 Å². The summed E-state index contributed by atoms with van der Waals surface area (Å²) in [5.74, 6) is -2.57.